The summed E-state index contributed by atoms with van der Waals surface area (Å²) < 4.78 is 14.4. The average Bonchev–Trinajstić information content (AvgIpc) is 2.36. The van der Waals surface area contributed by atoms with Crippen molar-refractivity contribution in [3.8, 4) is 0 Å². The molecule has 0 unspecified atom stereocenters. The van der Waals surface area contributed by atoms with E-state index >= 15 is 0 Å². The van der Waals surface area contributed by atoms with E-state index in [4.69, 9.17) is 5.11 Å². The third-order valence-electron chi connectivity index (χ3n) is 3.26. The molecule has 5 heteroatoms. The molecular formula is C15H14FNO3. The molecule has 0 bridgehead atoms. The second-order valence-electron chi connectivity index (χ2n) is 4.66. The van der Waals surface area contributed by atoms with Gasteiger partial charge in [-0.25, -0.2) is 9.18 Å². The van der Waals surface area contributed by atoms with Crippen LogP contribution < -0.4 is 5.56 Å². The van der Waals surface area contributed by atoms with Crippen LogP contribution in [0.15, 0.2) is 35.1 Å². The molecule has 1 heterocycles. The van der Waals surface area contributed by atoms with Gasteiger partial charge in [-0.05, 0) is 49.2 Å². The lowest BCUT2D eigenvalue weighted by molar-refractivity contribution is 0.0694. The summed E-state index contributed by atoms with van der Waals surface area (Å²) >= 11 is 0. The lowest BCUT2D eigenvalue weighted by atomic mass is 10.1. The van der Waals surface area contributed by atoms with Crippen molar-refractivity contribution in [2.24, 2.45) is 0 Å². The number of hydrogen-bond donors (Lipinski definition) is 1. The van der Waals surface area contributed by atoms with Crippen molar-refractivity contribution in [1.82, 2.24) is 4.57 Å². The zero-order valence-electron chi connectivity index (χ0n) is 11.2. The summed E-state index contributed by atoms with van der Waals surface area (Å²) in [6.45, 7) is 3.70. The maximum absolute atomic E-state index is 13.1. The zero-order chi connectivity index (χ0) is 14.9. The van der Waals surface area contributed by atoms with Crippen LogP contribution in [-0.4, -0.2) is 15.6 Å². The molecule has 2 aromatic rings. The molecule has 2 rings (SSSR count). The number of nitrogens with zero attached hydrogens (tertiary/aromatic N) is 1. The van der Waals surface area contributed by atoms with Gasteiger partial charge >= 0.3 is 5.97 Å². The Morgan fingerprint density at radius 3 is 2.55 bits per heavy atom. The van der Waals surface area contributed by atoms with E-state index in [0.29, 0.717) is 5.69 Å². The van der Waals surface area contributed by atoms with E-state index in [1.807, 2.05) is 0 Å². The van der Waals surface area contributed by atoms with Gasteiger partial charge in [0, 0.05) is 5.69 Å². The normalized spacial score (nSPS) is 10.6. The van der Waals surface area contributed by atoms with Crippen LogP contribution in [-0.2, 0) is 6.54 Å². The van der Waals surface area contributed by atoms with E-state index in [1.165, 1.54) is 22.8 Å². The summed E-state index contributed by atoms with van der Waals surface area (Å²) in [7, 11) is 0. The van der Waals surface area contributed by atoms with Gasteiger partial charge < -0.3 is 9.67 Å². The van der Waals surface area contributed by atoms with E-state index in [-0.39, 0.29) is 17.9 Å². The first-order valence-corrected chi connectivity index (χ1v) is 6.09. The highest BCUT2D eigenvalue weighted by atomic mass is 19.1. The van der Waals surface area contributed by atoms with Gasteiger partial charge in [0.15, 0.2) is 0 Å². The molecule has 1 N–H and O–H groups in total. The monoisotopic (exact) mass is 275 g/mol. The molecule has 1 aromatic heterocycles. The van der Waals surface area contributed by atoms with E-state index in [9.17, 15) is 14.0 Å². The average molecular weight is 275 g/mol. The highest BCUT2D eigenvalue weighted by molar-refractivity contribution is 5.87. The van der Waals surface area contributed by atoms with Crippen LogP contribution in [0.2, 0.25) is 0 Å². The molecule has 0 spiro atoms. The predicted octanol–water partition coefficient (Wildman–Crippen LogP) is 2.35. The van der Waals surface area contributed by atoms with Crippen molar-refractivity contribution in [2.45, 2.75) is 20.4 Å². The first-order chi connectivity index (χ1) is 9.40. The SMILES string of the molecule is Cc1cc(F)ccc1Cn1c(C)ccc(C(=O)O)c1=O. The minimum absolute atomic E-state index is 0.220. The standard InChI is InChI=1S/C15H14FNO3/c1-9-7-12(16)5-4-11(9)8-17-10(2)3-6-13(14(17)18)15(19)20/h3-7H,8H2,1-2H3,(H,19,20). The molecule has 0 amide bonds. The number of carboxylic acid groups (broad SMARTS) is 1. The lowest BCUT2D eigenvalue weighted by Gasteiger charge is -2.12. The van der Waals surface area contributed by atoms with Crippen LogP contribution in [0.1, 0.15) is 27.2 Å². The summed E-state index contributed by atoms with van der Waals surface area (Å²) in [5, 5.41) is 8.98. The number of benzene rings is 1. The van der Waals surface area contributed by atoms with Crippen LogP contribution in [0.5, 0.6) is 0 Å². The van der Waals surface area contributed by atoms with Gasteiger partial charge in [-0.2, -0.15) is 0 Å². The highest BCUT2D eigenvalue weighted by Gasteiger charge is 2.13. The van der Waals surface area contributed by atoms with Gasteiger partial charge in [0.25, 0.3) is 5.56 Å². The Labute approximate surface area is 115 Å². The Balaban J connectivity index is 2.51. The van der Waals surface area contributed by atoms with Gasteiger partial charge in [0.05, 0.1) is 6.54 Å². The second kappa shape index (κ2) is 5.28. The van der Waals surface area contributed by atoms with E-state index < -0.39 is 11.5 Å². The van der Waals surface area contributed by atoms with E-state index in [2.05, 4.69) is 0 Å². The van der Waals surface area contributed by atoms with E-state index in [1.54, 1.807) is 26.0 Å². The first-order valence-electron chi connectivity index (χ1n) is 6.09. The molecule has 4 nitrogen and oxygen atoms in total. The van der Waals surface area contributed by atoms with Crippen molar-refractivity contribution >= 4 is 5.97 Å². The number of aromatic nitrogens is 1. The van der Waals surface area contributed by atoms with Crippen molar-refractivity contribution in [2.75, 3.05) is 0 Å². The smallest absolute Gasteiger partial charge is 0.341 e. The lowest BCUT2D eigenvalue weighted by Crippen LogP contribution is -2.28. The topological polar surface area (TPSA) is 59.3 Å². The van der Waals surface area contributed by atoms with Crippen molar-refractivity contribution in [1.29, 1.82) is 0 Å². The molecule has 1 aromatic carbocycles. The van der Waals surface area contributed by atoms with Crippen LogP contribution >= 0.6 is 0 Å². The van der Waals surface area contributed by atoms with Gasteiger partial charge in [-0.1, -0.05) is 6.07 Å². The number of aryl methyl sites for hydroxylation is 2. The summed E-state index contributed by atoms with van der Waals surface area (Å²) in [5.41, 5.74) is 1.33. The molecule has 0 aliphatic rings. The summed E-state index contributed by atoms with van der Waals surface area (Å²) in [4.78, 5) is 23.1. The Morgan fingerprint density at radius 1 is 1.25 bits per heavy atom. The van der Waals surface area contributed by atoms with Crippen LogP contribution in [0.3, 0.4) is 0 Å². The third kappa shape index (κ3) is 2.61. The predicted molar refractivity (Wildman–Crippen MR) is 72.6 cm³/mol. The molecule has 0 radical (unpaired) electrons. The van der Waals surface area contributed by atoms with Crippen LogP contribution in [0.25, 0.3) is 0 Å². The second-order valence-corrected chi connectivity index (χ2v) is 4.66. The summed E-state index contributed by atoms with van der Waals surface area (Å²) in [6.07, 6.45) is 0. The molecule has 0 fully saturated rings. The highest BCUT2D eigenvalue weighted by Crippen LogP contribution is 2.12. The van der Waals surface area contributed by atoms with Gasteiger partial charge in [0.2, 0.25) is 0 Å². The largest absolute Gasteiger partial charge is 0.477 e. The van der Waals surface area contributed by atoms with Crippen molar-refractivity contribution < 1.29 is 14.3 Å². The fraction of sp³-hybridized carbons (Fsp3) is 0.200. The molecular weight excluding hydrogens is 261 g/mol. The molecule has 20 heavy (non-hydrogen) atoms. The van der Waals surface area contributed by atoms with Gasteiger partial charge in [0.1, 0.15) is 11.4 Å². The summed E-state index contributed by atoms with van der Waals surface area (Å²) in [5.74, 6) is -1.59. The quantitative estimate of drug-likeness (QED) is 0.935. The number of aromatic carboxylic acids is 1. The maximum Gasteiger partial charge on any atom is 0.341 e. The van der Waals surface area contributed by atoms with E-state index in [0.717, 1.165) is 11.1 Å². The van der Waals surface area contributed by atoms with Crippen LogP contribution in [0, 0.1) is 19.7 Å². The van der Waals surface area contributed by atoms with Gasteiger partial charge in [-0.15, -0.1) is 0 Å². The minimum Gasteiger partial charge on any atom is -0.477 e. The molecule has 0 aliphatic carbocycles. The number of rotatable bonds is 3. The minimum atomic E-state index is -1.25. The Morgan fingerprint density at radius 2 is 1.95 bits per heavy atom. The fourth-order valence-corrected chi connectivity index (χ4v) is 2.04. The number of hydrogen-bond acceptors (Lipinski definition) is 2. The molecule has 104 valence electrons. The van der Waals surface area contributed by atoms with Gasteiger partial charge in [-0.3, -0.25) is 4.79 Å². The fourth-order valence-electron chi connectivity index (χ4n) is 2.04. The molecule has 0 aliphatic heterocycles. The number of carboxylic acids is 1. The first kappa shape index (κ1) is 14.0. The Kier molecular flexibility index (Phi) is 3.70. The number of carbonyl (C=O) groups is 1. The Hall–Kier alpha value is -2.43. The number of pyridine rings is 1. The number of halogens is 1. The van der Waals surface area contributed by atoms with Crippen molar-refractivity contribution in [3.05, 3.63) is 68.9 Å². The zero-order valence-corrected chi connectivity index (χ0v) is 11.2. The maximum atomic E-state index is 13.1. The third-order valence-corrected chi connectivity index (χ3v) is 3.26. The molecule has 0 saturated carbocycles. The van der Waals surface area contributed by atoms with Crippen LogP contribution in [0.4, 0.5) is 4.39 Å². The summed E-state index contributed by atoms with van der Waals surface area (Å²) in [6, 6.07) is 7.20. The molecule has 0 atom stereocenters. The Bertz CT molecular complexity index is 734. The van der Waals surface area contributed by atoms with Crippen molar-refractivity contribution in [3.63, 3.8) is 0 Å². The molecule has 0 saturated heterocycles.